The third kappa shape index (κ3) is 3.63. The smallest absolute Gasteiger partial charge is 0.271 e. The van der Waals surface area contributed by atoms with Crippen molar-refractivity contribution in [3.05, 3.63) is 80.9 Å². The second-order valence-electron chi connectivity index (χ2n) is 11.8. The maximum atomic E-state index is 14.1. The van der Waals surface area contributed by atoms with Crippen LogP contribution in [-0.4, -0.2) is 40.5 Å². The number of allylic oxidation sites excluding steroid dienone is 4. The van der Waals surface area contributed by atoms with Gasteiger partial charge in [0.1, 0.15) is 0 Å². The van der Waals surface area contributed by atoms with Crippen LogP contribution in [0.3, 0.4) is 0 Å². The van der Waals surface area contributed by atoms with Crippen LogP contribution in [0.5, 0.6) is 11.5 Å². The summed E-state index contributed by atoms with van der Waals surface area (Å²) in [7, 11) is 1.42. The summed E-state index contributed by atoms with van der Waals surface area (Å²) < 4.78 is 5.37. The maximum Gasteiger partial charge on any atom is 0.271 e. The summed E-state index contributed by atoms with van der Waals surface area (Å²) in [6.07, 6.45) is 2.39. The Hall–Kier alpha value is -4.60. The first kappa shape index (κ1) is 27.6. The zero-order chi connectivity index (χ0) is 30.2. The topological polar surface area (TPSA) is 144 Å². The van der Waals surface area contributed by atoms with Crippen molar-refractivity contribution in [3.63, 3.8) is 0 Å². The number of nitro benzene ring substituents is 1. The summed E-state index contributed by atoms with van der Waals surface area (Å²) in [5, 5.41) is 21.7. The van der Waals surface area contributed by atoms with Crippen LogP contribution in [0.15, 0.2) is 65.3 Å². The molecule has 0 spiro atoms. The van der Waals surface area contributed by atoms with Gasteiger partial charge in [-0.05, 0) is 67.5 Å². The van der Waals surface area contributed by atoms with Gasteiger partial charge in [-0.2, -0.15) is 0 Å². The van der Waals surface area contributed by atoms with Gasteiger partial charge in [-0.15, -0.1) is 0 Å². The SMILES string of the molecule is COc1cc([C@H]2C3=CC[C@@H]4C(=O)N(c5cccc([N+](=O)[O-])c5)C(=O)[C@@H]4[C@@H]3C[C@H]3C(=O)C(C)=C(C)C(=O)[C@@]23C)ccc1O. The van der Waals surface area contributed by atoms with Gasteiger partial charge in [-0.25, -0.2) is 4.90 Å². The minimum Gasteiger partial charge on any atom is -0.504 e. The van der Waals surface area contributed by atoms with E-state index in [4.69, 9.17) is 4.74 Å². The average Bonchev–Trinajstić information content (AvgIpc) is 3.24. The van der Waals surface area contributed by atoms with Gasteiger partial charge in [0.15, 0.2) is 23.1 Å². The number of fused-ring (bicyclic) bond motifs is 4. The number of rotatable bonds is 4. The van der Waals surface area contributed by atoms with Crippen LogP contribution < -0.4 is 9.64 Å². The van der Waals surface area contributed by atoms with E-state index >= 15 is 0 Å². The number of aromatic hydroxyl groups is 1. The normalized spacial score (nSPS) is 30.5. The van der Waals surface area contributed by atoms with Gasteiger partial charge in [0, 0.05) is 24.0 Å². The summed E-state index contributed by atoms with van der Waals surface area (Å²) in [5.41, 5.74) is 1.01. The second-order valence-corrected chi connectivity index (χ2v) is 11.8. The van der Waals surface area contributed by atoms with Crippen LogP contribution >= 0.6 is 0 Å². The molecule has 0 bridgehead atoms. The average molecular weight is 571 g/mol. The number of anilines is 1. The third-order valence-electron chi connectivity index (χ3n) is 10.0. The van der Waals surface area contributed by atoms with Crippen molar-refractivity contribution in [1.29, 1.82) is 0 Å². The maximum absolute atomic E-state index is 14.1. The number of hydrogen-bond donors (Lipinski definition) is 1. The number of amides is 2. The van der Waals surface area contributed by atoms with E-state index in [-0.39, 0.29) is 47.3 Å². The van der Waals surface area contributed by atoms with Crippen LogP contribution in [0, 0.1) is 39.2 Å². The monoisotopic (exact) mass is 570 g/mol. The third-order valence-corrected chi connectivity index (χ3v) is 10.0. The van der Waals surface area contributed by atoms with Crippen molar-refractivity contribution in [1.82, 2.24) is 0 Å². The lowest BCUT2D eigenvalue weighted by molar-refractivity contribution is -0.384. The van der Waals surface area contributed by atoms with E-state index in [1.165, 1.54) is 37.4 Å². The van der Waals surface area contributed by atoms with E-state index < -0.39 is 51.7 Å². The number of methoxy groups -OCH3 is 1. The zero-order valence-electron chi connectivity index (χ0n) is 23.6. The lowest BCUT2D eigenvalue weighted by Crippen LogP contribution is -2.55. The summed E-state index contributed by atoms with van der Waals surface area (Å²) in [5.74, 6) is -4.43. The highest BCUT2D eigenvalue weighted by molar-refractivity contribution is 6.22. The molecule has 1 saturated carbocycles. The number of carbonyl (C=O) groups excluding carboxylic acids is 4. The largest absolute Gasteiger partial charge is 0.504 e. The van der Waals surface area contributed by atoms with E-state index in [0.717, 1.165) is 10.5 Å². The molecule has 10 heteroatoms. The lowest BCUT2D eigenvalue weighted by atomic mass is 9.46. The van der Waals surface area contributed by atoms with E-state index in [2.05, 4.69) is 0 Å². The molecule has 0 unspecified atom stereocenters. The van der Waals surface area contributed by atoms with Crippen LogP contribution in [-0.2, 0) is 19.2 Å². The van der Waals surface area contributed by atoms with Crippen molar-refractivity contribution in [2.24, 2.45) is 29.1 Å². The number of nitrogens with zero attached hydrogens (tertiary/aromatic N) is 2. The molecule has 1 saturated heterocycles. The first-order chi connectivity index (χ1) is 19.9. The van der Waals surface area contributed by atoms with Crippen LogP contribution in [0.4, 0.5) is 11.4 Å². The summed E-state index contributed by atoms with van der Waals surface area (Å²) in [6.45, 7) is 5.12. The number of benzene rings is 2. The highest BCUT2D eigenvalue weighted by Crippen LogP contribution is 2.63. The Labute approximate surface area is 241 Å². The highest BCUT2D eigenvalue weighted by atomic mass is 16.6. The first-order valence-electron chi connectivity index (χ1n) is 13.9. The summed E-state index contributed by atoms with van der Waals surface area (Å²) in [6, 6.07) is 10.3. The molecule has 1 heterocycles. The van der Waals surface area contributed by atoms with Gasteiger partial charge >= 0.3 is 0 Å². The Bertz CT molecular complexity index is 1670. The number of carbonyl (C=O) groups is 4. The van der Waals surface area contributed by atoms with E-state index in [9.17, 15) is 34.4 Å². The molecule has 3 aliphatic carbocycles. The molecule has 42 heavy (non-hydrogen) atoms. The number of Topliss-reactive ketones (excluding diaryl/α,β-unsaturated/α-hetero) is 2. The quantitative estimate of drug-likeness (QED) is 0.242. The molecule has 1 aliphatic heterocycles. The first-order valence-corrected chi connectivity index (χ1v) is 13.9. The Kier molecular flexibility index (Phi) is 6.22. The number of non-ortho nitro benzene ring substituents is 1. The predicted octanol–water partition coefficient (Wildman–Crippen LogP) is 4.66. The minimum absolute atomic E-state index is 0.0740. The molecule has 216 valence electrons. The van der Waals surface area contributed by atoms with E-state index in [1.54, 1.807) is 32.9 Å². The number of nitro groups is 1. The van der Waals surface area contributed by atoms with Crippen molar-refractivity contribution < 1.29 is 33.9 Å². The number of ketones is 2. The molecule has 0 aromatic heterocycles. The Morgan fingerprint density at radius 2 is 1.76 bits per heavy atom. The fourth-order valence-electron chi connectivity index (χ4n) is 7.83. The molecule has 2 aromatic rings. The van der Waals surface area contributed by atoms with Gasteiger partial charge in [0.05, 0.1) is 35.0 Å². The Morgan fingerprint density at radius 1 is 1.02 bits per heavy atom. The summed E-state index contributed by atoms with van der Waals surface area (Å²) in [4.78, 5) is 67.5. The van der Waals surface area contributed by atoms with Crippen molar-refractivity contribution >= 4 is 34.8 Å². The Balaban J connectivity index is 1.50. The van der Waals surface area contributed by atoms with Crippen LogP contribution in [0.2, 0.25) is 0 Å². The lowest BCUT2D eigenvalue weighted by Gasteiger charge is -2.54. The molecule has 6 atom stereocenters. The second kappa shape index (κ2) is 9.47. The van der Waals surface area contributed by atoms with Gasteiger partial charge in [0.2, 0.25) is 11.8 Å². The van der Waals surface area contributed by atoms with Gasteiger partial charge in [-0.1, -0.05) is 30.7 Å². The van der Waals surface area contributed by atoms with E-state index in [0.29, 0.717) is 16.7 Å². The molecule has 2 amide bonds. The molecule has 1 N–H and O–H groups in total. The van der Waals surface area contributed by atoms with Gasteiger partial charge in [0.25, 0.3) is 5.69 Å². The van der Waals surface area contributed by atoms with Gasteiger partial charge < -0.3 is 9.84 Å². The van der Waals surface area contributed by atoms with E-state index in [1.807, 2.05) is 6.08 Å². The fourth-order valence-corrected chi connectivity index (χ4v) is 7.83. The van der Waals surface area contributed by atoms with Crippen molar-refractivity contribution in [2.75, 3.05) is 12.0 Å². The van der Waals surface area contributed by atoms with Crippen molar-refractivity contribution in [2.45, 2.75) is 39.5 Å². The standard InChI is InChI=1S/C32H30N2O8/c1-15-16(2)29(37)32(3)23(28(15)36)14-22-20(27(32)17-8-11-24(35)25(12-17)42-4)9-10-21-26(22)31(39)33(30(21)38)18-6-5-7-19(13-18)34(40)41/h5-9,11-13,21-23,26-27,35H,10,14H2,1-4H3/t21-,22+,23-,26-,27-,32+/m0/s1. The molecular formula is C32H30N2O8. The molecular weight excluding hydrogens is 540 g/mol. The molecule has 2 aromatic carbocycles. The Morgan fingerprint density at radius 3 is 2.45 bits per heavy atom. The number of phenolic OH excluding ortho intramolecular Hbond substituents is 1. The van der Waals surface area contributed by atoms with Crippen LogP contribution in [0.1, 0.15) is 45.1 Å². The molecule has 0 radical (unpaired) electrons. The van der Waals surface area contributed by atoms with Crippen LogP contribution in [0.25, 0.3) is 0 Å². The number of phenols is 1. The minimum atomic E-state index is -1.16. The van der Waals surface area contributed by atoms with Crippen molar-refractivity contribution in [3.8, 4) is 11.5 Å². The molecule has 6 rings (SSSR count). The number of hydrogen-bond acceptors (Lipinski definition) is 8. The highest BCUT2D eigenvalue weighted by Gasteiger charge is 2.64. The molecule has 2 fully saturated rings. The summed E-state index contributed by atoms with van der Waals surface area (Å²) >= 11 is 0. The zero-order valence-corrected chi connectivity index (χ0v) is 23.6. The fraction of sp³-hybridized carbons (Fsp3) is 0.375. The predicted molar refractivity (Wildman–Crippen MR) is 151 cm³/mol. The molecule has 10 nitrogen and oxygen atoms in total. The number of ether oxygens (including phenoxy) is 1. The molecule has 4 aliphatic rings. The number of imide groups is 1. The van der Waals surface area contributed by atoms with Gasteiger partial charge in [-0.3, -0.25) is 29.3 Å².